The molecule has 0 atom stereocenters. The van der Waals surface area contributed by atoms with Crippen molar-refractivity contribution < 1.29 is 0 Å². The second-order valence-corrected chi connectivity index (χ2v) is 8.65. The van der Waals surface area contributed by atoms with Crippen LogP contribution < -0.4 is 11.3 Å². The van der Waals surface area contributed by atoms with Gasteiger partial charge < -0.3 is 10.3 Å². The van der Waals surface area contributed by atoms with Crippen molar-refractivity contribution in [2.45, 2.75) is 13.1 Å². The van der Waals surface area contributed by atoms with Crippen molar-refractivity contribution in [3.63, 3.8) is 0 Å². The molecule has 0 aliphatic rings. The summed E-state index contributed by atoms with van der Waals surface area (Å²) in [5.74, 6) is 0.160. The maximum atomic E-state index is 12.8. The summed E-state index contributed by atoms with van der Waals surface area (Å²) in [4.78, 5) is 21.5. The Morgan fingerprint density at radius 3 is 2.20 bits per heavy atom. The van der Waals surface area contributed by atoms with E-state index in [0.717, 1.165) is 22.1 Å². The first-order valence-electron chi connectivity index (χ1n) is 11.5. The van der Waals surface area contributed by atoms with Gasteiger partial charge in [0.05, 0.1) is 12.9 Å². The van der Waals surface area contributed by atoms with E-state index in [1.54, 1.807) is 10.9 Å². The summed E-state index contributed by atoms with van der Waals surface area (Å²) in [6, 6.07) is 33.1. The predicted octanol–water partition coefficient (Wildman–Crippen LogP) is 5.09. The molecule has 35 heavy (non-hydrogen) atoms. The second kappa shape index (κ2) is 8.57. The normalized spacial score (nSPS) is 11.3. The molecule has 0 aliphatic carbocycles. The zero-order chi connectivity index (χ0) is 23.8. The van der Waals surface area contributed by atoms with E-state index < -0.39 is 0 Å². The maximum Gasteiger partial charge on any atom is 0.300 e. The number of rotatable bonds is 5. The Morgan fingerprint density at radius 1 is 0.714 bits per heavy atom. The van der Waals surface area contributed by atoms with Crippen LogP contribution in [0.1, 0.15) is 11.1 Å². The summed E-state index contributed by atoms with van der Waals surface area (Å²) < 4.78 is 3.65. The van der Waals surface area contributed by atoms with Crippen LogP contribution in [0.15, 0.2) is 108 Å². The largest absolute Gasteiger partial charge is 0.369 e. The average molecular weight is 458 g/mol. The van der Waals surface area contributed by atoms with Crippen molar-refractivity contribution in [3.05, 3.63) is 125 Å². The summed E-state index contributed by atoms with van der Waals surface area (Å²) in [6.45, 7) is 0.992. The highest BCUT2D eigenvalue weighted by Crippen LogP contribution is 2.22. The summed E-state index contributed by atoms with van der Waals surface area (Å²) in [6.07, 6.45) is 1.69. The lowest BCUT2D eigenvalue weighted by atomic mass is 10.0. The van der Waals surface area contributed by atoms with Crippen LogP contribution in [0.25, 0.3) is 33.1 Å². The van der Waals surface area contributed by atoms with Crippen molar-refractivity contribution >= 4 is 27.9 Å². The third-order valence-corrected chi connectivity index (χ3v) is 6.34. The van der Waals surface area contributed by atoms with E-state index in [-0.39, 0.29) is 11.5 Å². The Morgan fingerprint density at radius 2 is 1.40 bits per heavy atom. The first-order chi connectivity index (χ1) is 17.2. The molecular formula is C29H23N5O. The zero-order valence-corrected chi connectivity index (χ0v) is 19.0. The third-order valence-electron chi connectivity index (χ3n) is 6.34. The molecule has 0 spiro atoms. The Kier molecular flexibility index (Phi) is 5.11. The second-order valence-electron chi connectivity index (χ2n) is 8.65. The summed E-state index contributed by atoms with van der Waals surface area (Å²) in [5.41, 5.74) is 11.3. The molecule has 0 amide bonds. The van der Waals surface area contributed by atoms with Crippen LogP contribution in [0.3, 0.4) is 0 Å². The van der Waals surface area contributed by atoms with Crippen LogP contribution in [-0.4, -0.2) is 19.1 Å². The molecule has 0 saturated heterocycles. The van der Waals surface area contributed by atoms with E-state index in [9.17, 15) is 4.79 Å². The Labute approximate surface area is 201 Å². The lowest BCUT2D eigenvalue weighted by molar-refractivity contribution is 0.798. The highest BCUT2D eigenvalue weighted by atomic mass is 16.1. The molecule has 6 nitrogen and oxygen atoms in total. The van der Waals surface area contributed by atoms with E-state index in [1.807, 2.05) is 34.9 Å². The van der Waals surface area contributed by atoms with Gasteiger partial charge in [0.15, 0.2) is 11.2 Å². The van der Waals surface area contributed by atoms with Crippen molar-refractivity contribution in [3.8, 4) is 11.1 Å². The van der Waals surface area contributed by atoms with Gasteiger partial charge in [0.1, 0.15) is 0 Å². The monoisotopic (exact) mass is 457 g/mol. The first-order valence-corrected chi connectivity index (χ1v) is 11.5. The predicted molar refractivity (Wildman–Crippen MR) is 140 cm³/mol. The smallest absolute Gasteiger partial charge is 0.300 e. The standard InChI is InChI=1S/C29H23N5O/c30-29-32-28(35)26-27(34(29)18-21-12-15-23-8-4-5-9-25(23)16-21)31-19-33(26)17-20-10-13-24(14-11-20)22-6-2-1-3-7-22/h1-16,19H,17-18H2,(H2,30,32,35). The molecule has 2 heterocycles. The van der Waals surface area contributed by atoms with E-state index in [4.69, 9.17) is 5.73 Å². The molecule has 0 unspecified atom stereocenters. The lowest BCUT2D eigenvalue weighted by Crippen LogP contribution is -2.20. The van der Waals surface area contributed by atoms with Crippen molar-refractivity contribution in [1.82, 2.24) is 19.1 Å². The van der Waals surface area contributed by atoms with E-state index in [1.165, 1.54) is 10.9 Å². The van der Waals surface area contributed by atoms with Crippen LogP contribution in [-0.2, 0) is 13.1 Å². The number of aromatic nitrogens is 4. The fourth-order valence-corrected chi connectivity index (χ4v) is 4.54. The summed E-state index contributed by atoms with van der Waals surface area (Å²) in [5, 5.41) is 2.33. The lowest BCUT2D eigenvalue weighted by Gasteiger charge is -2.12. The van der Waals surface area contributed by atoms with Crippen molar-refractivity contribution in [2.75, 3.05) is 5.73 Å². The number of hydrogen-bond acceptors (Lipinski definition) is 4. The van der Waals surface area contributed by atoms with Gasteiger partial charge in [-0.3, -0.25) is 9.36 Å². The van der Waals surface area contributed by atoms with Gasteiger partial charge in [0.2, 0.25) is 5.95 Å². The molecule has 0 bridgehead atoms. The van der Waals surface area contributed by atoms with Gasteiger partial charge in [-0.15, -0.1) is 0 Å². The number of fused-ring (bicyclic) bond motifs is 2. The molecule has 0 radical (unpaired) electrons. The minimum absolute atomic E-state index is 0.160. The maximum absolute atomic E-state index is 12.8. The third kappa shape index (κ3) is 3.95. The Balaban J connectivity index is 1.34. The van der Waals surface area contributed by atoms with Gasteiger partial charge in [0, 0.05) is 6.54 Å². The van der Waals surface area contributed by atoms with Gasteiger partial charge in [-0.05, 0) is 39.1 Å². The number of anilines is 1. The Bertz CT molecular complexity index is 1720. The van der Waals surface area contributed by atoms with E-state index >= 15 is 0 Å². The number of nitrogen functional groups attached to an aromatic ring is 1. The SMILES string of the molecule is Nc1nc(=O)c2c(ncn2Cc2ccc(-c3ccccc3)cc2)n1Cc1ccc2ccccc2c1. The van der Waals surface area contributed by atoms with Crippen molar-refractivity contribution in [2.24, 2.45) is 0 Å². The van der Waals surface area contributed by atoms with Gasteiger partial charge in [-0.25, -0.2) is 4.98 Å². The number of nitrogens with two attached hydrogens (primary N) is 1. The summed E-state index contributed by atoms with van der Waals surface area (Å²) in [7, 11) is 0. The van der Waals surface area contributed by atoms with Crippen molar-refractivity contribution in [1.29, 1.82) is 0 Å². The Hall–Kier alpha value is -4.71. The number of imidazole rings is 1. The quantitative estimate of drug-likeness (QED) is 0.391. The fraction of sp³-hybridized carbons (Fsp3) is 0.0690. The summed E-state index contributed by atoms with van der Waals surface area (Å²) >= 11 is 0. The first kappa shape index (κ1) is 20.9. The molecule has 0 aliphatic heterocycles. The van der Waals surface area contributed by atoms with E-state index in [0.29, 0.717) is 24.3 Å². The van der Waals surface area contributed by atoms with Crippen LogP contribution in [0, 0.1) is 0 Å². The van der Waals surface area contributed by atoms with E-state index in [2.05, 4.69) is 76.7 Å². The highest BCUT2D eigenvalue weighted by molar-refractivity contribution is 5.83. The molecule has 2 N–H and O–H groups in total. The van der Waals surface area contributed by atoms with Crippen LogP contribution in [0.5, 0.6) is 0 Å². The number of benzene rings is 4. The average Bonchev–Trinajstić information content (AvgIpc) is 3.31. The number of hydrogen-bond donors (Lipinski definition) is 1. The molecule has 170 valence electrons. The van der Waals surface area contributed by atoms with Gasteiger partial charge in [-0.1, -0.05) is 91.0 Å². The molecule has 0 fully saturated rings. The van der Waals surface area contributed by atoms with Gasteiger partial charge in [0.25, 0.3) is 0 Å². The molecule has 6 heteroatoms. The minimum Gasteiger partial charge on any atom is -0.369 e. The minimum atomic E-state index is -0.370. The van der Waals surface area contributed by atoms with Gasteiger partial charge >= 0.3 is 5.56 Å². The van der Waals surface area contributed by atoms with Crippen LogP contribution >= 0.6 is 0 Å². The number of nitrogens with zero attached hydrogens (tertiary/aromatic N) is 4. The molecule has 6 rings (SSSR count). The molecular weight excluding hydrogens is 434 g/mol. The van der Waals surface area contributed by atoms with Crippen LogP contribution in [0.2, 0.25) is 0 Å². The molecule has 4 aromatic carbocycles. The molecule has 0 saturated carbocycles. The molecule has 6 aromatic rings. The van der Waals surface area contributed by atoms with Gasteiger partial charge in [-0.2, -0.15) is 4.98 Å². The molecule has 2 aromatic heterocycles. The van der Waals surface area contributed by atoms with Crippen LogP contribution in [0.4, 0.5) is 5.95 Å². The zero-order valence-electron chi connectivity index (χ0n) is 19.0. The topological polar surface area (TPSA) is 78.7 Å². The fourth-order valence-electron chi connectivity index (χ4n) is 4.54. The highest BCUT2D eigenvalue weighted by Gasteiger charge is 2.15.